The highest BCUT2D eigenvalue weighted by atomic mass is 16.8. The lowest BCUT2D eigenvalue weighted by molar-refractivity contribution is -0.398. The van der Waals surface area contributed by atoms with Crippen molar-refractivity contribution in [1.82, 2.24) is 5.32 Å². The third-order valence-electron chi connectivity index (χ3n) is 16.5. The Labute approximate surface area is 363 Å². The van der Waals surface area contributed by atoms with Gasteiger partial charge in [0, 0.05) is 36.7 Å². The molecule has 0 aromatic heterocycles. The molecule has 3 spiro atoms. The first-order chi connectivity index (χ1) is 28.6. The van der Waals surface area contributed by atoms with Crippen molar-refractivity contribution in [2.24, 2.45) is 40.9 Å². The molecule has 1 saturated carbocycles. The van der Waals surface area contributed by atoms with Crippen molar-refractivity contribution >= 4 is 17.8 Å². The lowest BCUT2D eigenvalue weighted by Gasteiger charge is -2.55. The molecular formula is C47H77NO13. The molecule has 0 bridgehead atoms. The molecule has 6 rings (SSSR count). The summed E-state index contributed by atoms with van der Waals surface area (Å²) in [5, 5.41) is 36.2. The van der Waals surface area contributed by atoms with Gasteiger partial charge in [-0.15, -0.1) is 0 Å². The number of aliphatic hydroxyl groups is 2. The van der Waals surface area contributed by atoms with Crippen LogP contribution in [0.4, 0.5) is 4.79 Å². The molecule has 1 unspecified atom stereocenters. The van der Waals surface area contributed by atoms with Crippen LogP contribution in [0.1, 0.15) is 140 Å². The van der Waals surface area contributed by atoms with Gasteiger partial charge in [0.1, 0.15) is 18.4 Å². The van der Waals surface area contributed by atoms with Gasteiger partial charge in [0.2, 0.25) is 0 Å². The van der Waals surface area contributed by atoms with Crippen LogP contribution in [0.5, 0.6) is 0 Å². The summed E-state index contributed by atoms with van der Waals surface area (Å²) in [6.07, 6.45) is 6.59. The highest BCUT2D eigenvalue weighted by Crippen LogP contribution is 2.68. The van der Waals surface area contributed by atoms with E-state index >= 15 is 0 Å². The number of rotatable bonds is 15. The van der Waals surface area contributed by atoms with Crippen LogP contribution >= 0.6 is 0 Å². The van der Waals surface area contributed by atoms with Crippen LogP contribution in [0.3, 0.4) is 0 Å². The largest absolute Gasteiger partial charge is 0.481 e. The number of hydrogen-bond acceptors (Lipinski definition) is 12. The normalized spacial score (nSPS) is 45.3. The van der Waals surface area contributed by atoms with Crippen LogP contribution in [0.15, 0.2) is 12.2 Å². The lowest BCUT2D eigenvalue weighted by Crippen LogP contribution is -2.65. The summed E-state index contributed by atoms with van der Waals surface area (Å²) < 4.78 is 45.1. The number of carbonyl (C=O) groups excluding carboxylic acids is 2. The average Bonchev–Trinajstić information content (AvgIpc) is 3.67. The Morgan fingerprint density at radius 1 is 0.918 bits per heavy atom. The first kappa shape index (κ1) is 48.3. The molecule has 6 aliphatic rings. The van der Waals surface area contributed by atoms with Crippen LogP contribution in [0, 0.1) is 40.9 Å². The zero-order chi connectivity index (χ0) is 44.9. The van der Waals surface area contributed by atoms with E-state index in [1.165, 1.54) is 7.11 Å². The second-order valence-corrected chi connectivity index (χ2v) is 20.2. The number of ketones is 1. The van der Waals surface area contributed by atoms with E-state index in [1.54, 1.807) is 6.92 Å². The standard InChI is InChI=1S/C47H77NO13/c1-12-32(40(51)52)34-16-15-28(5)45(58-34)26-42(45,9)39(50)30(7)37(49)33(13-2)38-27(4)25-29(6)46(59-38)20-17-35(48-41(53)56-24-23-55-11)47(61-46)22-21-43(10,60-47)36-18-19-44(54,14-3)31(8)57-36/h17,20,27-36,38-39,50,54H,12-16,18-19,21-26H2,1-11H3,(H,48,53)(H,51,52)/t27-,28-,29+,30+,31-,32+,33-,34+,35+,36+,38-,39+,42?,43-,44+,45+,46-,47-/m0/s1. The lowest BCUT2D eigenvalue weighted by atomic mass is 9.72. The van der Waals surface area contributed by atoms with Crippen LogP contribution < -0.4 is 5.32 Å². The predicted octanol–water partition coefficient (Wildman–Crippen LogP) is 6.71. The molecule has 5 heterocycles. The third-order valence-corrected chi connectivity index (χ3v) is 16.5. The number of nitrogens with one attached hydrogen (secondary N) is 1. The molecule has 348 valence electrons. The molecule has 14 nitrogen and oxygen atoms in total. The number of ether oxygens (including phenoxy) is 7. The van der Waals surface area contributed by atoms with E-state index in [0.29, 0.717) is 64.2 Å². The third kappa shape index (κ3) is 8.59. The Bertz CT molecular complexity index is 1630. The van der Waals surface area contributed by atoms with E-state index in [2.05, 4.69) is 26.1 Å². The first-order valence-electron chi connectivity index (χ1n) is 23.3. The summed E-state index contributed by atoms with van der Waals surface area (Å²) in [6.45, 7) is 20.1. The van der Waals surface area contributed by atoms with Gasteiger partial charge in [-0.3, -0.25) is 9.59 Å². The van der Waals surface area contributed by atoms with Crippen molar-refractivity contribution in [1.29, 1.82) is 0 Å². The molecule has 4 N–H and O–H groups in total. The number of amides is 1. The minimum Gasteiger partial charge on any atom is -0.481 e. The van der Waals surface area contributed by atoms with Gasteiger partial charge in [-0.1, -0.05) is 61.5 Å². The number of aliphatic carboxylic acids is 1. The summed E-state index contributed by atoms with van der Waals surface area (Å²) >= 11 is 0. The summed E-state index contributed by atoms with van der Waals surface area (Å²) in [6, 6.07) is -0.755. The van der Waals surface area contributed by atoms with Gasteiger partial charge < -0.3 is 53.8 Å². The van der Waals surface area contributed by atoms with Gasteiger partial charge in [-0.05, 0) is 96.0 Å². The Morgan fingerprint density at radius 2 is 1.62 bits per heavy atom. The van der Waals surface area contributed by atoms with Crippen LogP contribution in [0.25, 0.3) is 0 Å². The maximum Gasteiger partial charge on any atom is 0.407 e. The summed E-state index contributed by atoms with van der Waals surface area (Å²) in [7, 11) is 1.53. The zero-order valence-electron chi connectivity index (χ0n) is 38.7. The molecule has 5 fully saturated rings. The van der Waals surface area contributed by atoms with Crippen molar-refractivity contribution in [2.45, 2.75) is 205 Å². The molecule has 1 amide bonds. The molecular weight excluding hydrogens is 787 g/mol. The van der Waals surface area contributed by atoms with E-state index in [4.69, 9.17) is 33.2 Å². The van der Waals surface area contributed by atoms with Crippen LogP contribution in [-0.2, 0) is 42.7 Å². The smallest absolute Gasteiger partial charge is 0.407 e. The van der Waals surface area contributed by atoms with Gasteiger partial charge in [0.05, 0.1) is 59.8 Å². The molecule has 18 atom stereocenters. The van der Waals surface area contributed by atoms with Gasteiger partial charge in [-0.25, -0.2) is 4.79 Å². The minimum atomic E-state index is -1.38. The fourth-order valence-electron chi connectivity index (χ4n) is 12.2. The Balaban J connectivity index is 1.24. The van der Waals surface area contributed by atoms with Crippen molar-refractivity contribution in [3.05, 3.63) is 12.2 Å². The van der Waals surface area contributed by atoms with Gasteiger partial charge in [-0.2, -0.15) is 0 Å². The highest BCUT2D eigenvalue weighted by molar-refractivity contribution is 5.84. The quantitative estimate of drug-likeness (QED) is 0.101. The average molecular weight is 864 g/mol. The minimum absolute atomic E-state index is 0.0325. The van der Waals surface area contributed by atoms with Crippen molar-refractivity contribution in [3.63, 3.8) is 0 Å². The summed E-state index contributed by atoms with van der Waals surface area (Å²) in [4.78, 5) is 40.1. The number of aliphatic hydroxyl groups excluding tert-OH is 1. The van der Waals surface area contributed by atoms with Crippen molar-refractivity contribution in [2.75, 3.05) is 20.3 Å². The maximum absolute atomic E-state index is 14.8. The monoisotopic (exact) mass is 864 g/mol. The summed E-state index contributed by atoms with van der Waals surface area (Å²) in [5.41, 5.74) is -3.17. The van der Waals surface area contributed by atoms with Gasteiger partial charge in [0.15, 0.2) is 11.6 Å². The molecule has 0 radical (unpaired) electrons. The number of carboxylic acids is 1. The van der Waals surface area contributed by atoms with E-state index < -0.39 is 94.1 Å². The number of methoxy groups -OCH3 is 1. The number of Topliss-reactive ketones (excluding diaryl/α,β-unsaturated/α-hetero) is 1. The van der Waals surface area contributed by atoms with Crippen molar-refractivity contribution < 1.29 is 62.9 Å². The van der Waals surface area contributed by atoms with E-state index in [9.17, 15) is 29.7 Å². The van der Waals surface area contributed by atoms with E-state index in [-0.39, 0.29) is 42.9 Å². The van der Waals surface area contributed by atoms with Gasteiger partial charge >= 0.3 is 12.1 Å². The molecule has 0 aromatic carbocycles. The molecule has 0 aromatic rings. The predicted molar refractivity (Wildman–Crippen MR) is 225 cm³/mol. The second-order valence-electron chi connectivity index (χ2n) is 20.2. The molecule has 4 saturated heterocycles. The van der Waals surface area contributed by atoms with E-state index in [0.717, 1.165) is 6.42 Å². The van der Waals surface area contributed by atoms with Gasteiger partial charge in [0.25, 0.3) is 0 Å². The molecule has 14 heteroatoms. The summed E-state index contributed by atoms with van der Waals surface area (Å²) in [5.74, 6) is -5.70. The van der Waals surface area contributed by atoms with Crippen LogP contribution in [-0.4, -0.2) is 118 Å². The number of carboxylic acid groups (broad SMARTS) is 1. The number of carbonyl (C=O) groups is 3. The Hall–Kier alpha value is -2.17. The first-order valence-corrected chi connectivity index (χ1v) is 23.3. The second kappa shape index (κ2) is 18.0. The SMILES string of the molecule is CC[C@@H](C(=O)[C@@H](C)[C@@H](O)C1(C)C[C@]12O[C@@H]([C@@H](CC)C(=O)O)CC[C@@H]2C)[C@H]1O[C@]2(C=C[C@@H](NC(=O)OCCOC)[C@]3(CC[C@@](C)([C@H]4CC[C@](O)(CC)[C@H](C)O4)O3)O2)[C@H](C)C[C@@H]1C. The van der Waals surface area contributed by atoms with Crippen LogP contribution in [0.2, 0.25) is 0 Å². The fraction of sp³-hybridized carbons (Fsp3) is 0.894. The topological polar surface area (TPSA) is 189 Å². The number of hydrogen-bond donors (Lipinski definition) is 4. The molecule has 1 aliphatic carbocycles. The Morgan fingerprint density at radius 3 is 2.25 bits per heavy atom. The van der Waals surface area contributed by atoms with E-state index in [1.807, 2.05) is 53.7 Å². The number of alkyl carbamates (subject to hydrolysis) is 1. The molecule has 5 aliphatic heterocycles. The van der Waals surface area contributed by atoms with Crippen molar-refractivity contribution in [3.8, 4) is 0 Å². The zero-order valence-corrected chi connectivity index (χ0v) is 38.7. The molecule has 61 heavy (non-hydrogen) atoms. The fourth-order valence-corrected chi connectivity index (χ4v) is 12.2. The highest BCUT2D eigenvalue weighted by Gasteiger charge is 2.74. The Kier molecular flexibility index (Phi) is 14.3. The maximum atomic E-state index is 14.8.